The number of carbonyl (C=O) groups is 2. The van der Waals surface area contributed by atoms with E-state index in [0.717, 1.165) is 6.42 Å². The van der Waals surface area contributed by atoms with Gasteiger partial charge in [-0.05, 0) is 25.5 Å². The highest BCUT2D eigenvalue weighted by atomic mass is 16.5. The average Bonchev–Trinajstić information content (AvgIpc) is 2.36. The lowest BCUT2D eigenvalue weighted by molar-refractivity contribution is -0.145. The second-order valence-corrected chi connectivity index (χ2v) is 3.91. The van der Waals surface area contributed by atoms with Gasteiger partial charge in [0, 0.05) is 11.8 Å². The van der Waals surface area contributed by atoms with Crippen molar-refractivity contribution >= 4 is 17.6 Å². The molecular weight excluding hydrogens is 246 g/mol. The molecule has 1 N–H and O–H groups in total. The molecule has 0 aromatic heterocycles. The fraction of sp³-hybridized carbons (Fsp3) is 0.429. The van der Waals surface area contributed by atoms with Crippen LogP contribution >= 0.6 is 0 Å². The summed E-state index contributed by atoms with van der Waals surface area (Å²) >= 11 is 0. The van der Waals surface area contributed by atoms with Gasteiger partial charge in [-0.1, -0.05) is 13.0 Å². The Morgan fingerprint density at radius 3 is 2.74 bits per heavy atom. The lowest BCUT2D eigenvalue weighted by Crippen LogP contribution is -2.18. The lowest BCUT2D eigenvalue weighted by atomic mass is 10.3. The third-order valence-corrected chi connectivity index (χ3v) is 2.20. The van der Waals surface area contributed by atoms with Gasteiger partial charge in [0.1, 0.15) is 12.2 Å². The van der Waals surface area contributed by atoms with Crippen LogP contribution in [0.15, 0.2) is 24.3 Å². The van der Waals surface area contributed by atoms with Crippen molar-refractivity contribution in [3.63, 3.8) is 0 Å². The van der Waals surface area contributed by atoms with E-state index in [1.165, 1.54) is 0 Å². The number of hydrogen-bond acceptors (Lipinski definition) is 4. The second kappa shape index (κ2) is 8.13. The molecule has 1 rings (SSSR count). The van der Waals surface area contributed by atoms with E-state index in [1.807, 2.05) is 13.0 Å². The lowest BCUT2D eigenvalue weighted by Gasteiger charge is -2.08. The number of hydrogen-bond donors (Lipinski definition) is 1. The van der Waals surface area contributed by atoms with Gasteiger partial charge in [-0.25, -0.2) is 0 Å². The monoisotopic (exact) mass is 265 g/mol. The van der Waals surface area contributed by atoms with Crippen molar-refractivity contribution in [2.45, 2.75) is 26.7 Å². The maximum Gasteiger partial charge on any atom is 0.315 e. The molecule has 5 heteroatoms. The first-order valence-corrected chi connectivity index (χ1v) is 6.34. The molecule has 0 aliphatic rings. The van der Waals surface area contributed by atoms with Crippen molar-refractivity contribution in [2.24, 2.45) is 0 Å². The number of rotatable bonds is 7. The van der Waals surface area contributed by atoms with E-state index in [4.69, 9.17) is 9.47 Å². The quantitative estimate of drug-likeness (QED) is 0.607. The van der Waals surface area contributed by atoms with E-state index in [0.29, 0.717) is 18.0 Å². The Hall–Kier alpha value is -2.04. The van der Waals surface area contributed by atoms with Crippen LogP contribution in [0.25, 0.3) is 0 Å². The number of esters is 1. The summed E-state index contributed by atoms with van der Waals surface area (Å²) < 4.78 is 10.2. The van der Waals surface area contributed by atoms with Crippen LogP contribution in [0, 0.1) is 0 Å². The Morgan fingerprint density at radius 2 is 2.05 bits per heavy atom. The number of ether oxygens (including phenoxy) is 2. The third kappa shape index (κ3) is 5.90. The molecule has 0 bridgehead atoms. The highest BCUT2D eigenvalue weighted by molar-refractivity contribution is 6.01. The van der Waals surface area contributed by atoms with Crippen molar-refractivity contribution in [1.82, 2.24) is 0 Å². The fourth-order valence-corrected chi connectivity index (χ4v) is 1.43. The third-order valence-electron chi connectivity index (χ3n) is 2.20. The van der Waals surface area contributed by atoms with Gasteiger partial charge in [0.15, 0.2) is 0 Å². The van der Waals surface area contributed by atoms with Gasteiger partial charge in [-0.2, -0.15) is 0 Å². The topological polar surface area (TPSA) is 64.6 Å². The Kier molecular flexibility index (Phi) is 6.43. The summed E-state index contributed by atoms with van der Waals surface area (Å²) in [4.78, 5) is 22.7. The normalized spacial score (nSPS) is 9.79. The molecule has 0 atom stereocenters. The molecule has 0 fully saturated rings. The first-order valence-electron chi connectivity index (χ1n) is 6.34. The molecule has 0 saturated carbocycles. The predicted molar refractivity (Wildman–Crippen MR) is 72.1 cm³/mol. The van der Waals surface area contributed by atoms with Crippen LogP contribution in [0.1, 0.15) is 26.7 Å². The molecule has 1 amide bonds. The molecule has 104 valence electrons. The predicted octanol–water partition coefficient (Wildman–Crippen LogP) is 2.37. The van der Waals surface area contributed by atoms with Crippen molar-refractivity contribution < 1.29 is 19.1 Å². The van der Waals surface area contributed by atoms with Crippen molar-refractivity contribution in [3.05, 3.63) is 24.3 Å². The maximum absolute atomic E-state index is 11.6. The molecule has 0 spiro atoms. The van der Waals surface area contributed by atoms with Crippen molar-refractivity contribution in [1.29, 1.82) is 0 Å². The van der Waals surface area contributed by atoms with Gasteiger partial charge >= 0.3 is 5.97 Å². The first kappa shape index (κ1) is 15.0. The number of carbonyl (C=O) groups excluding carboxylic acids is 2. The molecule has 1 aromatic carbocycles. The minimum atomic E-state index is -0.529. The molecule has 0 unspecified atom stereocenters. The molecule has 1 aromatic rings. The molecule has 19 heavy (non-hydrogen) atoms. The van der Waals surface area contributed by atoms with E-state index >= 15 is 0 Å². The first-order chi connectivity index (χ1) is 9.15. The summed E-state index contributed by atoms with van der Waals surface area (Å²) in [5.74, 6) is -0.236. The molecule has 0 aliphatic heterocycles. The average molecular weight is 265 g/mol. The van der Waals surface area contributed by atoms with Crippen LogP contribution < -0.4 is 10.1 Å². The van der Waals surface area contributed by atoms with Crippen LogP contribution in [0.3, 0.4) is 0 Å². The molecule has 0 heterocycles. The number of amides is 1. The largest absolute Gasteiger partial charge is 0.494 e. The number of nitrogens with one attached hydrogen (secondary N) is 1. The van der Waals surface area contributed by atoms with Gasteiger partial charge in [-0.3, -0.25) is 9.59 Å². The zero-order valence-electron chi connectivity index (χ0n) is 11.3. The van der Waals surface area contributed by atoms with Crippen LogP contribution in [0.5, 0.6) is 5.75 Å². The van der Waals surface area contributed by atoms with Crippen LogP contribution in [0.4, 0.5) is 5.69 Å². The summed E-state index contributed by atoms with van der Waals surface area (Å²) in [5, 5.41) is 2.63. The highest BCUT2D eigenvalue weighted by Gasteiger charge is 2.10. The molecule has 5 nitrogen and oxygen atoms in total. The SMILES string of the molecule is CCCOc1cccc(NC(=O)CC(=O)OCC)c1. The summed E-state index contributed by atoms with van der Waals surface area (Å²) in [6, 6.07) is 7.06. The van der Waals surface area contributed by atoms with E-state index in [9.17, 15) is 9.59 Å². The zero-order valence-corrected chi connectivity index (χ0v) is 11.3. The van der Waals surface area contributed by atoms with E-state index < -0.39 is 11.9 Å². The number of anilines is 1. The fourth-order valence-electron chi connectivity index (χ4n) is 1.43. The highest BCUT2D eigenvalue weighted by Crippen LogP contribution is 2.17. The van der Waals surface area contributed by atoms with Gasteiger partial charge in [0.2, 0.25) is 5.91 Å². The Balaban J connectivity index is 2.51. The summed E-state index contributed by atoms with van der Waals surface area (Å²) in [6.07, 6.45) is 0.632. The van der Waals surface area contributed by atoms with Crippen LogP contribution in [-0.4, -0.2) is 25.1 Å². The van der Waals surface area contributed by atoms with Gasteiger partial charge in [0.05, 0.1) is 13.2 Å². The zero-order chi connectivity index (χ0) is 14.1. The smallest absolute Gasteiger partial charge is 0.315 e. The Bertz CT molecular complexity index is 431. The Morgan fingerprint density at radius 1 is 1.26 bits per heavy atom. The van der Waals surface area contributed by atoms with Gasteiger partial charge in [-0.15, -0.1) is 0 Å². The van der Waals surface area contributed by atoms with Crippen molar-refractivity contribution in [2.75, 3.05) is 18.5 Å². The molecule has 0 aliphatic carbocycles. The Labute approximate surface area is 112 Å². The minimum Gasteiger partial charge on any atom is -0.494 e. The summed E-state index contributed by atoms with van der Waals surface area (Å²) in [7, 11) is 0. The standard InChI is InChI=1S/C14H19NO4/c1-3-8-19-12-7-5-6-11(9-12)15-13(16)10-14(17)18-4-2/h5-7,9H,3-4,8,10H2,1-2H3,(H,15,16). The van der Waals surface area contributed by atoms with E-state index in [1.54, 1.807) is 25.1 Å². The maximum atomic E-state index is 11.6. The van der Waals surface area contributed by atoms with Gasteiger partial charge in [0.25, 0.3) is 0 Å². The number of benzene rings is 1. The molecule has 0 saturated heterocycles. The van der Waals surface area contributed by atoms with E-state index in [2.05, 4.69) is 5.32 Å². The molecular formula is C14H19NO4. The summed E-state index contributed by atoms with van der Waals surface area (Å²) in [5.41, 5.74) is 0.600. The second-order valence-electron chi connectivity index (χ2n) is 3.91. The molecule has 0 radical (unpaired) electrons. The minimum absolute atomic E-state index is 0.270. The van der Waals surface area contributed by atoms with Crippen LogP contribution in [0.2, 0.25) is 0 Å². The van der Waals surface area contributed by atoms with E-state index in [-0.39, 0.29) is 13.0 Å². The van der Waals surface area contributed by atoms with Crippen LogP contribution in [-0.2, 0) is 14.3 Å². The van der Waals surface area contributed by atoms with Gasteiger partial charge < -0.3 is 14.8 Å². The summed E-state index contributed by atoms with van der Waals surface area (Å²) in [6.45, 7) is 4.61. The van der Waals surface area contributed by atoms with Crippen molar-refractivity contribution in [3.8, 4) is 5.75 Å².